The molecule has 66 valence electrons. The van der Waals surface area contributed by atoms with Crippen molar-refractivity contribution in [1.29, 1.82) is 0 Å². The average molecular weight is 168 g/mol. The maximum absolute atomic E-state index is 10.9. The van der Waals surface area contributed by atoms with Crippen LogP contribution in [-0.2, 0) is 11.2 Å². The van der Waals surface area contributed by atoms with E-state index in [4.69, 9.17) is 5.11 Å². The molecule has 12 heavy (non-hydrogen) atoms. The molecule has 0 aromatic carbocycles. The van der Waals surface area contributed by atoms with Crippen molar-refractivity contribution in [1.82, 2.24) is 9.97 Å². The summed E-state index contributed by atoms with van der Waals surface area (Å²) in [6, 6.07) is 0. The number of nitrogens with zero attached hydrogens (tertiary/aromatic N) is 1. The van der Waals surface area contributed by atoms with Gasteiger partial charge in [0.25, 0.3) is 0 Å². The monoisotopic (exact) mass is 168 g/mol. The van der Waals surface area contributed by atoms with Crippen molar-refractivity contribution in [3.05, 3.63) is 18.2 Å². The van der Waals surface area contributed by atoms with Crippen LogP contribution in [0.15, 0.2) is 12.5 Å². The number of imidazole rings is 1. The second kappa shape index (κ2) is 4.01. The minimum Gasteiger partial charge on any atom is -0.396 e. The van der Waals surface area contributed by atoms with Crippen LogP contribution in [0.3, 0.4) is 0 Å². The van der Waals surface area contributed by atoms with E-state index in [2.05, 4.69) is 9.97 Å². The molecule has 0 aliphatic carbocycles. The Bertz CT molecular complexity index is 244. The van der Waals surface area contributed by atoms with Gasteiger partial charge in [0.1, 0.15) is 5.78 Å². The van der Waals surface area contributed by atoms with Gasteiger partial charge in [-0.3, -0.25) is 4.79 Å². The second-order valence-corrected chi connectivity index (χ2v) is 2.75. The molecule has 1 rings (SSSR count). The Hall–Kier alpha value is -1.16. The Labute approximate surface area is 70.6 Å². The first kappa shape index (κ1) is 8.93. The summed E-state index contributed by atoms with van der Waals surface area (Å²) in [5.74, 6) is -0.311. The molecule has 0 aliphatic rings. The first-order chi connectivity index (χ1) is 5.74. The number of aromatic amines is 1. The summed E-state index contributed by atoms with van der Waals surface area (Å²) in [6.07, 6.45) is 3.80. The molecule has 0 spiro atoms. The van der Waals surface area contributed by atoms with Gasteiger partial charge in [-0.1, -0.05) is 0 Å². The van der Waals surface area contributed by atoms with E-state index >= 15 is 0 Å². The van der Waals surface area contributed by atoms with Crippen LogP contribution < -0.4 is 0 Å². The fraction of sp³-hybridized carbons (Fsp3) is 0.500. The number of aliphatic hydroxyl groups is 1. The normalized spacial score (nSPS) is 12.8. The minimum absolute atomic E-state index is 0.000463. The van der Waals surface area contributed by atoms with Crippen LogP contribution in [0.4, 0.5) is 0 Å². The Kier molecular flexibility index (Phi) is 2.99. The molecule has 4 nitrogen and oxygen atoms in total. The number of nitrogens with one attached hydrogen (secondary N) is 1. The topological polar surface area (TPSA) is 66.0 Å². The number of Topliss-reactive ketones (excluding diaryl/α,β-unsaturated/α-hetero) is 1. The molecule has 0 saturated heterocycles. The summed E-state index contributed by atoms with van der Waals surface area (Å²) in [5, 5.41) is 8.84. The van der Waals surface area contributed by atoms with Gasteiger partial charge in [-0.05, 0) is 6.92 Å². The smallest absolute Gasteiger partial charge is 0.135 e. The lowest BCUT2D eigenvalue weighted by Crippen LogP contribution is -2.18. The molecule has 0 fully saturated rings. The molecule has 0 unspecified atom stereocenters. The second-order valence-electron chi connectivity index (χ2n) is 2.75. The van der Waals surface area contributed by atoms with Gasteiger partial charge in [0.15, 0.2) is 0 Å². The van der Waals surface area contributed by atoms with Crippen molar-refractivity contribution in [3.63, 3.8) is 0 Å². The van der Waals surface area contributed by atoms with Gasteiger partial charge < -0.3 is 10.1 Å². The summed E-state index contributed by atoms with van der Waals surface area (Å²) in [7, 11) is 0. The van der Waals surface area contributed by atoms with Gasteiger partial charge in [-0.2, -0.15) is 0 Å². The van der Waals surface area contributed by atoms with Crippen molar-refractivity contribution in [2.45, 2.75) is 13.3 Å². The summed E-state index contributed by atoms with van der Waals surface area (Å²) in [6.45, 7) is 1.37. The van der Waals surface area contributed by atoms with E-state index in [1.54, 1.807) is 12.5 Å². The van der Waals surface area contributed by atoms with Gasteiger partial charge in [-0.15, -0.1) is 0 Å². The Morgan fingerprint density at radius 2 is 2.58 bits per heavy atom. The minimum atomic E-state index is -0.312. The number of hydrogen-bond donors (Lipinski definition) is 2. The van der Waals surface area contributed by atoms with E-state index in [0.29, 0.717) is 6.42 Å². The van der Waals surface area contributed by atoms with E-state index in [9.17, 15) is 4.79 Å². The van der Waals surface area contributed by atoms with Crippen LogP contribution in [0.2, 0.25) is 0 Å². The van der Waals surface area contributed by atoms with Crippen molar-refractivity contribution in [3.8, 4) is 0 Å². The zero-order chi connectivity index (χ0) is 8.97. The van der Waals surface area contributed by atoms with Gasteiger partial charge >= 0.3 is 0 Å². The summed E-state index contributed by atoms with van der Waals surface area (Å²) < 4.78 is 0. The van der Waals surface area contributed by atoms with E-state index in [1.165, 1.54) is 6.92 Å². The first-order valence-corrected chi connectivity index (χ1v) is 3.83. The summed E-state index contributed by atoms with van der Waals surface area (Å²) in [5.41, 5.74) is 0.809. The van der Waals surface area contributed by atoms with Gasteiger partial charge in [-0.25, -0.2) is 4.98 Å². The molecule has 4 heteroatoms. The summed E-state index contributed by atoms with van der Waals surface area (Å²) >= 11 is 0. The quantitative estimate of drug-likeness (QED) is 0.672. The van der Waals surface area contributed by atoms with Crippen molar-refractivity contribution in [2.75, 3.05) is 6.61 Å². The summed E-state index contributed by atoms with van der Waals surface area (Å²) in [4.78, 5) is 17.7. The van der Waals surface area contributed by atoms with Crippen molar-refractivity contribution >= 4 is 5.78 Å². The van der Waals surface area contributed by atoms with Gasteiger partial charge in [0.2, 0.25) is 0 Å². The Morgan fingerprint density at radius 3 is 3.00 bits per heavy atom. The molecule has 1 heterocycles. The van der Waals surface area contributed by atoms with Crippen LogP contribution in [0, 0.1) is 5.92 Å². The molecule has 2 N–H and O–H groups in total. The molecule has 0 bridgehead atoms. The zero-order valence-electron chi connectivity index (χ0n) is 6.95. The van der Waals surface area contributed by atoms with Crippen LogP contribution in [0.1, 0.15) is 12.6 Å². The highest BCUT2D eigenvalue weighted by molar-refractivity contribution is 5.78. The van der Waals surface area contributed by atoms with Gasteiger partial charge in [0, 0.05) is 18.5 Å². The third-order valence-corrected chi connectivity index (χ3v) is 1.81. The highest BCUT2D eigenvalue weighted by Crippen LogP contribution is 2.05. The lowest BCUT2D eigenvalue weighted by atomic mass is 10.0. The van der Waals surface area contributed by atoms with E-state index in [-0.39, 0.29) is 18.3 Å². The van der Waals surface area contributed by atoms with E-state index < -0.39 is 0 Å². The number of carbonyl (C=O) groups excluding carboxylic acids is 1. The molecule has 0 radical (unpaired) electrons. The number of carbonyl (C=O) groups is 1. The maximum atomic E-state index is 10.9. The average Bonchev–Trinajstić information content (AvgIpc) is 2.51. The Morgan fingerprint density at radius 1 is 1.83 bits per heavy atom. The fourth-order valence-electron chi connectivity index (χ4n) is 0.992. The Balaban J connectivity index is 2.54. The molecular formula is C8H12N2O2. The number of ketones is 1. The number of H-pyrrole nitrogens is 1. The molecular weight excluding hydrogens is 156 g/mol. The van der Waals surface area contributed by atoms with E-state index in [0.717, 1.165) is 5.69 Å². The van der Waals surface area contributed by atoms with Crippen LogP contribution >= 0.6 is 0 Å². The SMILES string of the molecule is CC(=O)[C@H](CO)Cc1c[nH]cn1. The van der Waals surface area contributed by atoms with Gasteiger partial charge in [0.05, 0.1) is 18.6 Å². The molecule has 1 aromatic heterocycles. The number of aliphatic hydroxyl groups excluding tert-OH is 1. The molecule has 0 amide bonds. The highest BCUT2D eigenvalue weighted by atomic mass is 16.3. The molecule has 1 atom stereocenters. The first-order valence-electron chi connectivity index (χ1n) is 3.83. The third-order valence-electron chi connectivity index (χ3n) is 1.81. The fourth-order valence-corrected chi connectivity index (χ4v) is 0.992. The van der Waals surface area contributed by atoms with Crippen LogP contribution in [0.5, 0.6) is 0 Å². The standard InChI is InChI=1S/C8H12N2O2/c1-6(12)7(4-11)2-8-3-9-5-10-8/h3,5,7,11H,2,4H2,1H3,(H,9,10)/t7-/m0/s1. The molecule has 1 aromatic rings. The lowest BCUT2D eigenvalue weighted by molar-refractivity contribution is -0.121. The maximum Gasteiger partial charge on any atom is 0.135 e. The largest absolute Gasteiger partial charge is 0.396 e. The predicted octanol–water partition coefficient (Wildman–Crippen LogP) is 0.150. The number of rotatable bonds is 4. The van der Waals surface area contributed by atoms with Crippen molar-refractivity contribution < 1.29 is 9.90 Å². The molecule has 0 aliphatic heterocycles. The van der Waals surface area contributed by atoms with Crippen LogP contribution in [0.25, 0.3) is 0 Å². The highest BCUT2D eigenvalue weighted by Gasteiger charge is 2.14. The van der Waals surface area contributed by atoms with Crippen molar-refractivity contribution in [2.24, 2.45) is 5.92 Å². The number of aromatic nitrogens is 2. The third kappa shape index (κ3) is 2.17. The molecule has 0 saturated carbocycles. The van der Waals surface area contributed by atoms with Crippen LogP contribution in [-0.4, -0.2) is 27.5 Å². The predicted molar refractivity (Wildman–Crippen MR) is 43.5 cm³/mol. The zero-order valence-corrected chi connectivity index (χ0v) is 6.95. The van der Waals surface area contributed by atoms with E-state index in [1.807, 2.05) is 0 Å². The number of hydrogen-bond acceptors (Lipinski definition) is 3. The lowest BCUT2D eigenvalue weighted by Gasteiger charge is -2.06.